The lowest BCUT2D eigenvalue weighted by molar-refractivity contribution is -0.139. The van der Waals surface area contributed by atoms with Crippen molar-refractivity contribution in [3.8, 4) is 0 Å². The summed E-state index contributed by atoms with van der Waals surface area (Å²) in [7, 11) is -3.55. The first-order chi connectivity index (χ1) is 13.5. The average molecular weight is 421 g/mol. The maximum Gasteiger partial charge on any atom is 0.243 e. The molecule has 5 nitrogen and oxygen atoms in total. The van der Waals surface area contributed by atoms with E-state index in [-0.39, 0.29) is 11.8 Å². The van der Waals surface area contributed by atoms with Gasteiger partial charge in [0.05, 0.1) is 4.90 Å². The molecule has 0 radical (unpaired) electrons. The maximum absolute atomic E-state index is 13.4. The van der Waals surface area contributed by atoms with Gasteiger partial charge in [-0.15, -0.1) is 0 Å². The number of amides is 1. The fourth-order valence-corrected chi connectivity index (χ4v) is 7.19. The lowest BCUT2D eigenvalue weighted by Gasteiger charge is -2.39. The SMILES string of the molecule is Cc1cc(C)c(C)c(S(=O)(=O)N2CCC(C(=O)N3CC(C)CC(C)C3)CC2)c1C. The molecule has 2 heterocycles. The summed E-state index contributed by atoms with van der Waals surface area (Å²) in [5.74, 6) is 1.25. The average Bonchev–Trinajstić information content (AvgIpc) is 2.65. The van der Waals surface area contributed by atoms with Crippen LogP contribution in [0.3, 0.4) is 0 Å². The van der Waals surface area contributed by atoms with Gasteiger partial charge in [-0.2, -0.15) is 4.31 Å². The van der Waals surface area contributed by atoms with Gasteiger partial charge in [-0.05, 0) is 81.0 Å². The highest BCUT2D eigenvalue weighted by molar-refractivity contribution is 7.89. The molecule has 0 N–H and O–H groups in total. The summed E-state index contributed by atoms with van der Waals surface area (Å²) < 4.78 is 28.4. The molecule has 1 aromatic carbocycles. The zero-order valence-electron chi connectivity index (χ0n) is 18.8. The predicted molar refractivity (Wildman–Crippen MR) is 116 cm³/mol. The second kappa shape index (κ2) is 8.38. The van der Waals surface area contributed by atoms with E-state index in [0.29, 0.717) is 42.7 Å². The Bertz CT molecular complexity index is 850. The fourth-order valence-electron chi connectivity index (χ4n) is 5.14. The van der Waals surface area contributed by atoms with Crippen molar-refractivity contribution in [3.63, 3.8) is 0 Å². The zero-order valence-corrected chi connectivity index (χ0v) is 19.6. The van der Waals surface area contributed by atoms with E-state index >= 15 is 0 Å². The minimum absolute atomic E-state index is 0.0552. The van der Waals surface area contributed by atoms with Gasteiger partial charge in [0.2, 0.25) is 15.9 Å². The van der Waals surface area contributed by atoms with Crippen LogP contribution in [-0.2, 0) is 14.8 Å². The van der Waals surface area contributed by atoms with Crippen LogP contribution in [-0.4, -0.2) is 49.7 Å². The van der Waals surface area contributed by atoms with Gasteiger partial charge in [0.15, 0.2) is 0 Å². The molecule has 0 bridgehead atoms. The molecule has 3 rings (SSSR count). The van der Waals surface area contributed by atoms with E-state index < -0.39 is 10.0 Å². The summed E-state index contributed by atoms with van der Waals surface area (Å²) in [5.41, 5.74) is 3.68. The number of likely N-dealkylation sites (tertiary alicyclic amines) is 1. The lowest BCUT2D eigenvalue weighted by Crippen LogP contribution is -2.48. The number of piperidine rings is 2. The number of hydrogen-bond donors (Lipinski definition) is 0. The van der Waals surface area contributed by atoms with Crippen LogP contribution in [0.15, 0.2) is 11.0 Å². The molecule has 0 aliphatic carbocycles. The molecule has 2 atom stereocenters. The molecule has 2 fully saturated rings. The van der Waals surface area contributed by atoms with Crippen molar-refractivity contribution in [2.75, 3.05) is 26.2 Å². The quantitative estimate of drug-likeness (QED) is 0.747. The van der Waals surface area contributed by atoms with E-state index in [4.69, 9.17) is 0 Å². The summed E-state index contributed by atoms with van der Waals surface area (Å²) >= 11 is 0. The van der Waals surface area contributed by atoms with Crippen LogP contribution in [0.25, 0.3) is 0 Å². The van der Waals surface area contributed by atoms with Gasteiger partial charge >= 0.3 is 0 Å². The molecule has 2 aliphatic rings. The molecule has 2 aliphatic heterocycles. The summed E-state index contributed by atoms with van der Waals surface area (Å²) in [5, 5.41) is 0. The molecule has 0 saturated carbocycles. The largest absolute Gasteiger partial charge is 0.342 e. The predicted octanol–water partition coefficient (Wildman–Crippen LogP) is 3.83. The zero-order chi connectivity index (χ0) is 21.5. The third-order valence-electron chi connectivity index (χ3n) is 6.88. The normalized spacial score (nSPS) is 24.7. The van der Waals surface area contributed by atoms with Crippen LogP contribution in [0.2, 0.25) is 0 Å². The van der Waals surface area contributed by atoms with Crippen molar-refractivity contribution in [2.24, 2.45) is 17.8 Å². The number of hydrogen-bond acceptors (Lipinski definition) is 3. The highest BCUT2D eigenvalue weighted by atomic mass is 32.2. The third kappa shape index (κ3) is 4.38. The number of rotatable bonds is 3. The van der Waals surface area contributed by atoms with Crippen LogP contribution in [0, 0.1) is 45.4 Å². The van der Waals surface area contributed by atoms with E-state index in [0.717, 1.165) is 35.3 Å². The standard InChI is InChI=1S/C23H36N2O3S/c1-15-11-16(2)14-24(13-15)23(26)21-7-9-25(10-8-21)29(27,28)22-19(5)17(3)12-18(4)20(22)6/h12,15-16,21H,7-11,13-14H2,1-6H3. The van der Waals surface area contributed by atoms with E-state index in [1.807, 2.05) is 32.6 Å². The summed E-state index contributed by atoms with van der Waals surface area (Å²) in [6, 6.07) is 2.05. The number of carbonyl (C=O) groups is 1. The second-order valence-corrected chi connectivity index (χ2v) is 11.3. The van der Waals surface area contributed by atoms with Gasteiger partial charge in [-0.1, -0.05) is 19.9 Å². The van der Waals surface area contributed by atoms with Crippen molar-refractivity contribution in [1.82, 2.24) is 9.21 Å². The highest BCUT2D eigenvalue weighted by Gasteiger charge is 2.36. The first-order valence-electron chi connectivity index (χ1n) is 10.9. The maximum atomic E-state index is 13.4. The molecule has 29 heavy (non-hydrogen) atoms. The molecule has 162 valence electrons. The Labute approximate surface area is 176 Å². The van der Waals surface area contributed by atoms with Crippen molar-refractivity contribution in [3.05, 3.63) is 28.3 Å². The van der Waals surface area contributed by atoms with Gasteiger partial charge in [-0.3, -0.25) is 4.79 Å². The van der Waals surface area contributed by atoms with Gasteiger partial charge in [-0.25, -0.2) is 8.42 Å². The van der Waals surface area contributed by atoms with Crippen LogP contribution in [0.4, 0.5) is 0 Å². The monoisotopic (exact) mass is 420 g/mol. The van der Waals surface area contributed by atoms with Crippen LogP contribution >= 0.6 is 0 Å². The minimum Gasteiger partial charge on any atom is -0.342 e. The molecule has 2 unspecified atom stereocenters. The van der Waals surface area contributed by atoms with Crippen molar-refractivity contribution < 1.29 is 13.2 Å². The Morgan fingerprint density at radius 3 is 1.90 bits per heavy atom. The molecule has 2 saturated heterocycles. The minimum atomic E-state index is -3.55. The Morgan fingerprint density at radius 2 is 1.41 bits per heavy atom. The topological polar surface area (TPSA) is 57.7 Å². The number of carbonyl (C=O) groups excluding carboxylic acids is 1. The van der Waals surface area contributed by atoms with Crippen molar-refractivity contribution in [2.45, 2.75) is 65.7 Å². The highest BCUT2D eigenvalue weighted by Crippen LogP contribution is 2.32. The van der Waals surface area contributed by atoms with Crippen molar-refractivity contribution >= 4 is 15.9 Å². The smallest absolute Gasteiger partial charge is 0.243 e. The van der Waals surface area contributed by atoms with Gasteiger partial charge < -0.3 is 4.90 Å². The van der Waals surface area contributed by atoms with Gasteiger partial charge in [0.25, 0.3) is 0 Å². The van der Waals surface area contributed by atoms with E-state index in [9.17, 15) is 13.2 Å². The number of sulfonamides is 1. The molecule has 6 heteroatoms. The Balaban J connectivity index is 1.73. The van der Waals surface area contributed by atoms with E-state index in [2.05, 4.69) is 19.9 Å². The number of aryl methyl sites for hydroxylation is 2. The Kier molecular flexibility index (Phi) is 6.44. The van der Waals surface area contributed by atoms with Crippen LogP contribution in [0.5, 0.6) is 0 Å². The second-order valence-electron chi connectivity index (χ2n) is 9.46. The van der Waals surface area contributed by atoms with E-state index in [1.165, 1.54) is 6.42 Å². The van der Waals surface area contributed by atoms with Gasteiger partial charge in [0, 0.05) is 32.1 Å². The molecular formula is C23H36N2O3S. The number of benzene rings is 1. The molecule has 0 aromatic heterocycles. The molecule has 0 spiro atoms. The van der Waals surface area contributed by atoms with Crippen molar-refractivity contribution in [1.29, 1.82) is 0 Å². The Hall–Kier alpha value is -1.40. The summed E-state index contributed by atoms with van der Waals surface area (Å²) in [6.07, 6.45) is 2.40. The summed E-state index contributed by atoms with van der Waals surface area (Å²) in [6.45, 7) is 14.6. The summed E-state index contributed by atoms with van der Waals surface area (Å²) in [4.78, 5) is 15.5. The molecule has 1 amide bonds. The number of nitrogens with zero attached hydrogens (tertiary/aromatic N) is 2. The van der Waals surface area contributed by atoms with Crippen LogP contribution in [0.1, 0.15) is 55.4 Å². The third-order valence-corrected chi connectivity index (χ3v) is 9.05. The first kappa shape index (κ1) is 22.3. The fraction of sp³-hybridized carbons (Fsp3) is 0.696. The Morgan fingerprint density at radius 1 is 0.931 bits per heavy atom. The first-order valence-corrected chi connectivity index (χ1v) is 12.3. The van der Waals surface area contributed by atoms with Crippen LogP contribution < -0.4 is 0 Å². The molecule has 1 aromatic rings. The lowest BCUT2D eigenvalue weighted by atomic mass is 9.89. The van der Waals surface area contributed by atoms with E-state index in [1.54, 1.807) is 4.31 Å². The molecular weight excluding hydrogens is 384 g/mol. The van der Waals surface area contributed by atoms with Gasteiger partial charge in [0.1, 0.15) is 0 Å².